The largest absolute Gasteiger partial charge is 0.467 e. The van der Waals surface area contributed by atoms with Gasteiger partial charge in [-0.3, -0.25) is 4.79 Å². The minimum Gasteiger partial charge on any atom is -0.467 e. The van der Waals surface area contributed by atoms with Crippen molar-refractivity contribution in [3.05, 3.63) is 34.9 Å². The van der Waals surface area contributed by atoms with Crippen LogP contribution in [-0.4, -0.2) is 25.0 Å². The van der Waals surface area contributed by atoms with Gasteiger partial charge in [-0.25, -0.2) is 13.6 Å². The molecule has 6 heteroatoms. The summed E-state index contributed by atoms with van der Waals surface area (Å²) in [5.74, 6) is -3.33. The molecule has 1 amide bonds. The summed E-state index contributed by atoms with van der Waals surface area (Å²) < 4.78 is 31.3. The van der Waals surface area contributed by atoms with Crippen LogP contribution in [0.3, 0.4) is 0 Å². The first kappa shape index (κ1) is 16.1. The summed E-state index contributed by atoms with van der Waals surface area (Å²) in [6.07, 6.45) is 0. The molecule has 1 aromatic rings. The molecule has 20 heavy (non-hydrogen) atoms. The molecule has 1 aromatic carbocycles. The Balaban J connectivity index is 3.01. The van der Waals surface area contributed by atoms with Gasteiger partial charge in [-0.1, -0.05) is 13.8 Å². The van der Waals surface area contributed by atoms with Gasteiger partial charge in [0.1, 0.15) is 17.7 Å². The molecule has 0 aliphatic rings. The Kier molecular flexibility index (Phi) is 5.19. The summed E-state index contributed by atoms with van der Waals surface area (Å²) in [5.41, 5.74) is -0.158. The van der Waals surface area contributed by atoms with Crippen molar-refractivity contribution in [2.45, 2.75) is 26.8 Å². The predicted octanol–water partition coefficient (Wildman–Crippen LogP) is 2.20. The number of hydrogen-bond acceptors (Lipinski definition) is 3. The first-order valence-corrected chi connectivity index (χ1v) is 6.12. The zero-order chi connectivity index (χ0) is 15.4. The Morgan fingerprint density at radius 1 is 1.20 bits per heavy atom. The molecule has 0 radical (unpaired) electrons. The van der Waals surface area contributed by atoms with Crippen molar-refractivity contribution >= 4 is 11.9 Å². The van der Waals surface area contributed by atoms with Crippen molar-refractivity contribution in [3.8, 4) is 0 Å². The maximum atomic E-state index is 13.6. The Bertz CT molecular complexity index is 529. The maximum Gasteiger partial charge on any atom is 0.328 e. The summed E-state index contributed by atoms with van der Waals surface area (Å²) in [6.45, 7) is 4.86. The van der Waals surface area contributed by atoms with E-state index >= 15 is 0 Å². The molecule has 1 N–H and O–H groups in total. The monoisotopic (exact) mass is 285 g/mol. The van der Waals surface area contributed by atoms with E-state index < -0.39 is 29.6 Å². The Morgan fingerprint density at radius 2 is 1.80 bits per heavy atom. The van der Waals surface area contributed by atoms with Crippen molar-refractivity contribution in [3.63, 3.8) is 0 Å². The van der Waals surface area contributed by atoms with E-state index in [0.29, 0.717) is 6.07 Å². The van der Waals surface area contributed by atoms with Crippen LogP contribution in [0.15, 0.2) is 12.1 Å². The van der Waals surface area contributed by atoms with Crippen molar-refractivity contribution in [1.82, 2.24) is 5.32 Å². The number of rotatable bonds is 4. The standard InChI is InChI=1S/C14H17F2NO3/c1-7(2)12(14(19)20-4)17-13(18)9-5-8(3)10(15)6-11(9)16/h5-7,12H,1-4H3,(H,17,18). The molecular formula is C14H17F2NO3. The SMILES string of the molecule is COC(=O)C(NC(=O)c1cc(C)c(F)cc1F)C(C)C. The highest BCUT2D eigenvalue weighted by Crippen LogP contribution is 2.15. The molecule has 1 atom stereocenters. The molecule has 0 saturated heterocycles. The van der Waals surface area contributed by atoms with E-state index in [-0.39, 0.29) is 17.0 Å². The van der Waals surface area contributed by atoms with E-state index in [1.165, 1.54) is 14.0 Å². The normalized spacial score (nSPS) is 12.2. The maximum absolute atomic E-state index is 13.6. The second kappa shape index (κ2) is 6.45. The predicted molar refractivity (Wildman–Crippen MR) is 69.2 cm³/mol. The lowest BCUT2D eigenvalue weighted by molar-refractivity contribution is -0.144. The Morgan fingerprint density at radius 3 is 2.30 bits per heavy atom. The van der Waals surface area contributed by atoms with Gasteiger partial charge in [0.2, 0.25) is 0 Å². The average Bonchev–Trinajstić information content (AvgIpc) is 2.38. The molecule has 110 valence electrons. The van der Waals surface area contributed by atoms with Crippen LogP contribution in [0.4, 0.5) is 8.78 Å². The average molecular weight is 285 g/mol. The van der Waals surface area contributed by atoms with E-state index in [2.05, 4.69) is 10.1 Å². The highest BCUT2D eigenvalue weighted by atomic mass is 19.1. The van der Waals surface area contributed by atoms with E-state index in [4.69, 9.17) is 0 Å². The van der Waals surface area contributed by atoms with Gasteiger partial charge in [-0.2, -0.15) is 0 Å². The lowest BCUT2D eigenvalue weighted by Crippen LogP contribution is -2.45. The number of methoxy groups -OCH3 is 1. The summed E-state index contributed by atoms with van der Waals surface area (Å²) >= 11 is 0. The van der Waals surface area contributed by atoms with Gasteiger partial charge in [0.25, 0.3) is 5.91 Å². The smallest absolute Gasteiger partial charge is 0.328 e. The second-order valence-corrected chi connectivity index (χ2v) is 4.80. The number of carbonyl (C=O) groups excluding carboxylic acids is 2. The van der Waals surface area contributed by atoms with Gasteiger partial charge in [-0.15, -0.1) is 0 Å². The van der Waals surface area contributed by atoms with Crippen molar-refractivity contribution in [1.29, 1.82) is 0 Å². The number of carbonyl (C=O) groups is 2. The third-order valence-corrected chi connectivity index (χ3v) is 2.90. The number of aryl methyl sites for hydroxylation is 1. The zero-order valence-corrected chi connectivity index (χ0v) is 11.8. The minimum absolute atomic E-state index is 0.149. The number of amides is 1. The van der Waals surface area contributed by atoms with Crippen LogP contribution in [0.5, 0.6) is 0 Å². The number of ether oxygens (including phenoxy) is 1. The number of hydrogen-bond donors (Lipinski definition) is 1. The third kappa shape index (κ3) is 3.53. The van der Waals surface area contributed by atoms with E-state index in [9.17, 15) is 18.4 Å². The number of halogens is 2. The number of benzene rings is 1. The summed E-state index contributed by atoms with van der Waals surface area (Å²) in [5, 5.41) is 2.40. The Labute approximate surface area is 116 Å². The van der Waals surface area contributed by atoms with Crippen LogP contribution < -0.4 is 5.32 Å². The Hall–Kier alpha value is -1.98. The first-order chi connectivity index (χ1) is 9.27. The molecule has 0 aliphatic carbocycles. The van der Waals surface area contributed by atoms with Gasteiger partial charge < -0.3 is 10.1 Å². The minimum atomic E-state index is -0.974. The fourth-order valence-corrected chi connectivity index (χ4v) is 1.67. The summed E-state index contributed by atoms with van der Waals surface area (Å²) in [4.78, 5) is 23.5. The van der Waals surface area contributed by atoms with Crippen LogP contribution in [0.25, 0.3) is 0 Å². The van der Waals surface area contributed by atoms with Crippen LogP contribution in [-0.2, 0) is 9.53 Å². The van der Waals surface area contributed by atoms with Crippen LogP contribution in [0.1, 0.15) is 29.8 Å². The van der Waals surface area contributed by atoms with Gasteiger partial charge in [0.05, 0.1) is 12.7 Å². The topological polar surface area (TPSA) is 55.4 Å². The van der Waals surface area contributed by atoms with E-state index in [1.54, 1.807) is 13.8 Å². The van der Waals surface area contributed by atoms with Crippen molar-refractivity contribution in [2.24, 2.45) is 5.92 Å². The van der Waals surface area contributed by atoms with Gasteiger partial charge in [0, 0.05) is 6.07 Å². The second-order valence-electron chi connectivity index (χ2n) is 4.80. The highest BCUT2D eigenvalue weighted by molar-refractivity contribution is 5.97. The lowest BCUT2D eigenvalue weighted by atomic mass is 10.0. The first-order valence-electron chi connectivity index (χ1n) is 6.12. The zero-order valence-electron chi connectivity index (χ0n) is 11.8. The summed E-state index contributed by atoms with van der Waals surface area (Å²) in [6, 6.07) is 0.860. The molecule has 0 heterocycles. The molecular weight excluding hydrogens is 268 g/mol. The third-order valence-electron chi connectivity index (χ3n) is 2.90. The molecule has 1 unspecified atom stereocenters. The molecule has 0 bridgehead atoms. The molecule has 0 aliphatic heterocycles. The van der Waals surface area contributed by atoms with Crippen LogP contribution in [0, 0.1) is 24.5 Å². The molecule has 0 fully saturated rings. The van der Waals surface area contributed by atoms with Crippen LogP contribution in [0.2, 0.25) is 0 Å². The van der Waals surface area contributed by atoms with Crippen LogP contribution >= 0.6 is 0 Å². The number of esters is 1. The quantitative estimate of drug-likeness (QED) is 0.863. The van der Waals surface area contributed by atoms with Crippen molar-refractivity contribution < 1.29 is 23.1 Å². The number of nitrogens with one attached hydrogen (secondary N) is 1. The van der Waals surface area contributed by atoms with Gasteiger partial charge >= 0.3 is 5.97 Å². The molecule has 0 saturated carbocycles. The highest BCUT2D eigenvalue weighted by Gasteiger charge is 2.26. The molecule has 0 spiro atoms. The van der Waals surface area contributed by atoms with Gasteiger partial charge in [0.15, 0.2) is 0 Å². The van der Waals surface area contributed by atoms with Crippen molar-refractivity contribution in [2.75, 3.05) is 7.11 Å². The fourth-order valence-electron chi connectivity index (χ4n) is 1.67. The van der Waals surface area contributed by atoms with E-state index in [1.807, 2.05) is 0 Å². The lowest BCUT2D eigenvalue weighted by Gasteiger charge is -2.20. The molecule has 0 aromatic heterocycles. The van der Waals surface area contributed by atoms with E-state index in [0.717, 1.165) is 6.07 Å². The van der Waals surface area contributed by atoms with Gasteiger partial charge in [-0.05, 0) is 24.5 Å². The molecule has 4 nitrogen and oxygen atoms in total. The summed E-state index contributed by atoms with van der Waals surface area (Å²) in [7, 11) is 1.20. The molecule has 1 rings (SSSR count). The fraction of sp³-hybridized carbons (Fsp3) is 0.429.